The summed E-state index contributed by atoms with van der Waals surface area (Å²) in [7, 11) is 0. The Kier molecular flexibility index (Phi) is 5.59. The van der Waals surface area contributed by atoms with Gasteiger partial charge in [0, 0.05) is 5.69 Å². The Morgan fingerprint density at radius 3 is 2.64 bits per heavy atom. The second kappa shape index (κ2) is 7.64. The fourth-order valence-electron chi connectivity index (χ4n) is 2.29. The van der Waals surface area contributed by atoms with E-state index < -0.39 is 0 Å². The summed E-state index contributed by atoms with van der Waals surface area (Å²) in [6.07, 6.45) is 0.334. The van der Waals surface area contributed by atoms with Crippen LogP contribution >= 0.6 is 0 Å². The molecule has 3 heteroatoms. The Balaban J connectivity index is 1.86. The van der Waals surface area contributed by atoms with Crippen molar-refractivity contribution in [1.82, 2.24) is 0 Å². The second-order valence-electron chi connectivity index (χ2n) is 5.71. The molecule has 0 saturated carbocycles. The Bertz CT molecular complexity index is 635. The first-order chi connectivity index (χ1) is 10.6. The molecule has 0 aliphatic heterocycles. The lowest BCUT2D eigenvalue weighted by atomic mass is 10.0. The van der Waals surface area contributed by atoms with Crippen molar-refractivity contribution in [2.24, 2.45) is 0 Å². The van der Waals surface area contributed by atoms with Gasteiger partial charge in [-0.25, -0.2) is 0 Å². The van der Waals surface area contributed by atoms with Crippen LogP contribution in [0, 0.1) is 6.92 Å². The van der Waals surface area contributed by atoms with Gasteiger partial charge in [0.05, 0.1) is 13.0 Å². The number of benzene rings is 2. The fraction of sp³-hybridized carbons (Fsp3) is 0.316. The van der Waals surface area contributed by atoms with E-state index in [9.17, 15) is 4.79 Å². The van der Waals surface area contributed by atoms with Gasteiger partial charge < -0.3 is 10.1 Å². The van der Waals surface area contributed by atoms with Gasteiger partial charge in [-0.1, -0.05) is 44.2 Å². The van der Waals surface area contributed by atoms with Gasteiger partial charge in [0.25, 0.3) is 0 Å². The lowest BCUT2D eigenvalue weighted by molar-refractivity contribution is -0.116. The maximum Gasteiger partial charge on any atom is 0.227 e. The average molecular weight is 297 g/mol. The van der Waals surface area contributed by atoms with Crippen molar-refractivity contribution in [2.75, 3.05) is 11.9 Å². The number of para-hydroxylation sites is 1. The first kappa shape index (κ1) is 16.1. The molecule has 0 unspecified atom stereocenters. The molecule has 0 aromatic heterocycles. The summed E-state index contributed by atoms with van der Waals surface area (Å²) in [6.45, 7) is 6.62. The highest BCUT2D eigenvalue weighted by Crippen LogP contribution is 2.23. The molecule has 0 radical (unpaired) electrons. The van der Waals surface area contributed by atoms with Crippen molar-refractivity contribution in [3.63, 3.8) is 0 Å². The van der Waals surface area contributed by atoms with Crippen molar-refractivity contribution < 1.29 is 9.53 Å². The van der Waals surface area contributed by atoms with Crippen LogP contribution in [0.2, 0.25) is 0 Å². The maximum atomic E-state index is 12.1. The van der Waals surface area contributed by atoms with E-state index in [1.165, 1.54) is 0 Å². The number of hydrogen-bond donors (Lipinski definition) is 1. The quantitative estimate of drug-likeness (QED) is 0.851. The number of ether oxygens (including phenoxy) is 1. The molecule has 0 aliphatic carbocycles. The molecule has 0 atom stereocenters. The predicted octanol–water partition coefficient (Wildman–Crippen LogP) is 4.53. The van der Waals surface area contributed by atoms with Crippen LogP contribution in [0.1, 0.15) is 37.3 Å². The molecule has 1 N–H and O–H groups in total. The average Bonchev–Trinajstić information content (AvgIpc) is 2.47. The molecule has 1 amide bonds. The molecular formula is C19H23NO2. The van der Waals surface area contributed by atoms with Gasteiger partial charge in [0.15, 0.2) is 0 Å². The summed E-state index contributed by atoms with van der Waals surface area (Å²) >= 11 is 0. The molecule has 0 heterocycles. The zero-order chi connectivity index (χ0) is 15.9. The van der Waals surface area contributed by atoms with Gasteiger partial charge in [-0.2, -0.15) is 0 Å². The predicted molar refractivity (Wildman–Crippen MR) is 90.5 cm³/mol. The molecule has 0 bridgehead atoms. The minimum absolute atomic E-state index is 0.0271. The van der Waals surface area contributed by atoms with Crippen molar-refractivity contribution in [2.45, 2.75) is 33.1 Å². The first-order valence-corrected chi connectivity index (χ1v) is 7.64. The second-order valence-corrected chi connectivity index (χ2v) is 5.71. The number of carbonyl (C=O) groups is 1. The Morgan fingerprint density at radius 1 is 1.14 bits per heavy atom. The van der Waals surface area contributed by atoms with Gasteiger partial charge in [0.2, 0.25) is 5.91 Å². The number of carbonyl (C=O) groups excluding carboxylic acids is 1. The minimum atomic E-state index is -0.0271. The number of hydrogen-bond acceptors (Lipinski definition) is 2. The maximum absolute atomic E-state index is 12.1. The number of anilines is 1. The van der Waals surface area contributed by atoms with Gasteiger partial charge in [-0.05, 0) is 42.2 Å². The van der Waals surface area contributed by atoms with Gasteiger partial charge in [-0.15, -0.1) is 0 Å². The van der Waals surface area contributed by atoms with Crippen molar-refractivity contribution >= 4 is 11.6 Å². The third-order valence-corrected chi connectivity index (χ3v) is 3.44. The summed E-state index contributed by atoms with van der Waals surface area (Å²) in [4.78, 5) is 12.1. The lowest BCUT2D eigenvalue weighted by Crippen LogP contribution is -2.16. The van der Waals surface area contributed by atoms with E-state index in [4.69, 9.17) is 4.74 Å². The molecule has 22 heavy (non-hydrogen) atoms. The van der Waals surface area contributed by atoms with Crippen LogP contribution in [0.25, 0.3) is 0 Å². The van der Waals surface area contributed by atoms with E-state index in [1.807, 2.05) is 55.5 Å². The summed E-state index contributed by atoms with van der Waals surface area (Å²) in [6, 6.07) is 15.7. The zero-order valence-electron chi connectivity index (χ0n) is 13.4. The summed E-state index contributed by atoms with van der Waals surface area (Å²) in [5.41, 5.74) is 3.18. The molecule has 0 fully saturated rings. The number of rotatable bonds is 6. The highest BCUT2D eigenvalue weighted by Gasteiger charge is 2.09. The van der Waals surface area contributed by atoms with Crippen LogP contribution in [-0.4, -0.2) is 12.5 Å². The molecule has 0 saturated heterocycles. The topological polar surface area (TPSA) is 38.3 Å². The number of aryl methyl sites for hydroxylation is 1. The van der Waals surface area contributed by atoms with Crippen molar-refractivity contribution in [1.29, 1.82) is 0 Å². The summed E-state index contributed by atoms with van der Waals surface area (Å²) in [5.74, 6) is 1.15. The molecule has 3 nitrogen and oxygen atoms in total. The normalized spacial score (nSPS) is 10.5. The molecule has 0 spiro atoms. The van der Waals surface area contributed by atoms with Crippen LogP contribution < -0.4 is 10.1 Å². The van der Waals surface area contributed by atoms with E-state index in [1.54, 1.807) is 0 Å². The van der Waals surface area contributed by atoms with Crippen LogP contribution in [0.3, 0.4) is 0 Å². The molecular weight excluding hydrogens is 274 g/mol. The van der Waals surface area contributed by atoms with Crippen molar-refractivity contribution in [3.05, 3.63) is 59.7 Å². The van der Waals surface area contributed by atoms with Crippen LogP contribution in [0.5, 0.6) is 5.75 Å². The summed E-state index contributed by atoms with van der Waals surface area (Å²) in [5, 5.41) is 2.97. The molecule has 2 aromatic rings. The smallest absolute Gasteiger partial charge is 0.227 e. The Labute approximate surface area is 132 Å². The fourth-order valence-corrected chi connectivity index (χ4v) is 2.29. The third kappa shape index (κ3) is 4.62. The molecule has 0 aliphatic rings. The van der Waals surface area contributed by atoms with E-state index in [0.717, 1.165) is 22.6 Å². The third-order valence-electron chi connectivity index (χ3n) is 3.44. The van der Waals surface area contributed by atoms with E-state index in [2.05, 4.69) is 19.2 Å². The van der Waals surface area contributed by atoms with Crippen molar-refractivity contribution in [3.8, 4) is 5.75 Å². The zero-order valence-corrected chi connectivity index (χ0v) is 13.4. The highest BCUT2D eigenvalue weighted by atomic mass is 16.5. The lowest BCUT2D eigenvalue weighted by Gasteiger charge is -2.13. The molecule has 116 valence electrons. The number of amides is 1. The van der Waals surface area contributed by atoms with E-state index in [0.29, 0.717) is 18.9 Å². The monoisotopic (exact) mass is 297 g/mol. The SMILES string of the molecule is Cc1cccc(OCCC(=O)Nc2ccccc2C(C)C)c1. The first-order valence-electron chi connectivity index (χ1n) is 7.64. The minimum Gasteiger partial charge on any atom is -0.493 e. The number of nitrogens with one attached hydrogen (secondary N) is 1. The molecule has 2 rings (SSSR count). The van der Waals surface area contributed by atoms with Crippen LogP contribution in [0.4, 0.5) is 5.69 Å². The van der Waals surface area contributed by atoms with Crippen LogP contribution in [0.15, 0.2) is 48.5 Å². The molecule has 2 aromatic carbocycles. The highest BCUT2D eigenvalue weighted by molar-refractivity contribution is 5.91. The Morgan fingerprint density at radius 2 is 1.91 bits per heavy atom. The van der Waals surface area contributed by atoms with Gasteiger partial charge >= 0.3 is 0 Å². The van der Waals surface area contributed by atoms with E-state index in [-0.39, 0.29) is 5.91 Å². The van der Waals surface area contributed by atoms with Crippen LogP contribution in [-0.2, 0) is 4.79 Å². The largest absolute Gasteiger partial charge is 0.493 e. The Hall–Kier alpha value is -2.29. The summed E-state index contributed by atoms with van der Waals surface area (Å²) < 4.78 is 5.61. The van der Waals surface area contributed by atoms with Gasteiger partial charge in [-0.3, -0.25) is 4.79 Å². The standard InChI is InChI=1S/C19H23NO2/c1-14(2)17-9-4-5-10-18(17)20-19(21)11-12-22-16-8-6-7-15(3)13-16/h4-10,13-14H,11-12H2,1-3H3,(H,20,21). The van der Waals surface area contributed by atoms with Gasteiger partial charge in [0.1, 0.15) is 5.75 Å². The van der Waals surface area contributed by atoms with E-state index >= 15 is 0 Å².